The summed E-state index contributed by atoms with van der Waals surface area (Å²) in [4.78, 5) is 25.4. The second-order valence-electron chi connectivity index (χ2n) is 7.95. The van der Waals surface area contributed by atoms with Gasteiger partial charge in [0.05, 0.1) is 35.1 Å². The van der Waals surface area contributed by atoms with Gasteiger partial charge in [-0.1, -0.05) is 60.7 Å². The van der Waals surface area contributed by atoms with Gasteiger partial charge in [-0.25, -0.2) is 16.8 Å². The van der Waals surface area contributed by atoms with E-state index in [1.807, 2.05) is 0 Å². The topological polar surface area (TPSA) is 183 Å². The van der Waals surface area contributed by atoms with E-state index in [9.17, 15) is 26.4 Å². The third kappa shape index (κ3) is 10.8. The van der Waals surface area contributed by atoms with Gasteiger partial charge >= 0.3 is 0 Å². The number of nitrogens with zero attached hydrogens (tertiary/aromatic N) is 2. The van der Waals surface area contributed by atoms with Crippen molar-refractivity contribution in [1.82, 2.24) is 10.6 Å². The maximum Gasteiger partial charge on any atom is 0.251 e. The highest BCUT2D eigenvalue weighted by Gasteiger charge is 2.34. The molecule has 2 N–H and O–H groups in total. The number of sulfone groups is 2. The van der Waals surface area contributed by atoms with Crippen LogP contribution in [0.25, 0.3) is 0 Å². The highest BCUT2D eigenvalue weighted by molar-refractivity contribution is 7.91. The van der Waals surface area contributed by atoms with E-state index in [2.05, 4.69) is 10.6 Å². The molecule has 0 aliphatic heterocycles. The van der Waals surface area contributed by atoms with E-state index in [0.717, 1.165) is 0 Å². The van der Waals surface area contributed by atoms with Gasteiger partial charge in [0.2, 0.25) is 0 Å². The van der Waals surface area contributed by atoms with E-state index in [-0.39, 0.29) is 0 Å². The van der Waals surface area contributed by atoms with Crippen LogP contribution in [0.4, 0.5) is 0 Å². The number of ether oxygens (including phenoxy) is 1. The zero-order valence-electron chi connectivity index (χ0n) is 19.7. The lowest BCUT2D eigenvalue weighted by atomic mass is 10.2. The number of carbonyl (C=O) groups is 2. The van der Waals surface area contributed by atoms with Crippen molar-refractivity contribution >= 4 is 31.5 Å². The van der Waals surface area contributed by atoms with E-state index in [4.69, 9.17) is 15.3 Å². The van der Waals surface area contributed by atoms with E-state index in [0.29, 0.717) is 11.1 Å². The van der Waals surface area contributed by atoms with Crippen molar-refractivity contribution in [2.24, 2.45) is 0 Å². The number of rotatable bonds is 14. The Kier molecular flexibility index (Phi) is 11.2. The minimum atomic E-state index is -3.99. The lowest BCUT2D eigenvalue weighted by molar-refractivity contribution is -0.142. The van der Waals surface area contributed by atoms with E-state index in [1.165, 1.54) is 0 Å². The van der Waals surface area contributed by atoms with Gasteiger partial charge < -0.3 is 15.4 Å². The number of carbonyl (C=O) groups excluding carboxylic acids is 2. The number of hydrogen-bond acceptors (Lipinski definition) is 9. The molecular weight excluding hydrogens is 520 g/mol. The molecule has 2 aromatic carbocycles. The molecule has 196 valence electrons. The molecule has 0 fully saturated rings. The lowest BCUT2D eigenvalue weighted by Gasteiger charge is -2.23. The van der Waals surface area contributed by atoms with Gasteiger partial charge in [0.15, 0.2) is 31.9 Å². The molecule has 11 nitrogen and oxygen atoms in total. The van der Waals surface area contributed by atoms with Gasteiger partial charge in [0.25, 0.3) is 11.8 Å². The Balaban J connectivity index is 2.31. The standard InChI is InChI=1S/C24H26N4O7S2/c25-11-13-27-23(29)21(17-36(31,32)15-19-7-3-1-4-8-19)35-22(24(30)28-14-12-26)18-37(33,34)16-20-9-5-2-6-10-20/h1-10,21-22H,13-18H2,(H,27,29)(H,28,30). The van der Waals surface area contributed by atoms with Gasteiger partial charge in [-0.15, -0.1) is 0 Å². The Bertz CT molecular complexity index is 1250. The van der Waals surface area contributed by atoms with Crippen LogP contribution in [-0.4, -0.2) is 65.5 Å². The quantitative estimate of drug-likeness (QED) is 0.314. The normalized spacial score (nSPS) is 12.9. The van der Waals surface area contributed by atoms with E-state index in [1.54, 1.807) is 72.8 Å². The zero-order valence-corrected chi connectivity index (χ0v) is 21.4. The highest BCUT2D eigenvalue weighted by atomic mass is 32.2. The van der Waals surface area contributed by atoms with Crippen LogP contribution in [0.5, 0.6) is 0 Å². The monoisotopic (exact) mass is 546 g/mol. The van der Waals surface area contributed by atoms with E-state index < -0.39 is 79.8 Å². The zero-order chi connectivity index (χ0) is 27.3. The third-order valence-electron chi connectivity index (χ3n) is 4.87. The largest absolute Gasteiger partial charge is 0.353 e. The fourth-order valence-electron chi connectivity index (χ4n) is 3.27. The Morgan fingerprint density at radius 2 is 1.05 bits per heavy atom. The summed E-state index contributed by atoms with van der Waals surface area (Å²) in [7, 11) is -7.97. The van der Waals surface area contributed by atoms with Crippen LogP contribution >= 0.6 is 0 Å². The lowest BCUT2D eigenvalue weighted by Crippen LogP contribution is -2.49. The van der Waals surface area contributed by atoms with Crippen LogP contribution in [-0.2, 0) is 45.5 Å². The molecule has 0 saturated heterocycles. The van der Waals surface area contributed by atoms with Gasteiger partial charge in [-0.05, 0) is 11.1 Å². The van der Waals surface area contributed by atoms with Crippen molar-refractivity contribution in [3.8, 4) is 12.1 Å². The van der Waals surface area contributed by atoms with E-state index >= 15 is 0 Å². The summed E-state index contributed by atoms with van der Waals surface area (Å²) in [5.41, 5.74) is 0.903. The van der Waals surface area contributed by atoms with Crippen LogP contribution in [0.1, 0.15) is 11.1 Å². The smallest absolute Gasteiger partial charge is 0.251 e. The van der Waals surface area contributed by atoms with Crippen molar-refractivity contribution in [2.75, 3.05) is 24.6 Å². The first-order valence-electron chi connectivity index (χ1n) is 11.0. The molecule has 2 amide bonds. The summed E-state index contributed by atoms with van der Waals surface area (Å²) < 4.78 is 56.9. The summed E-state index contributed by atoms with van der Waals surface area (Å²) in [6.45, 7) is -0.927. The van der Waals surface area contributed by atoms with Crippen LogP contribution in [0.3, 0.4) is 0 Å². The van der Waals surface area contributed by atoms with Crippen LogP contribution < -0.4 is 10.6 Å². The number of nitrogens with one attached hydrogen (secondary N) is 2. The molecule has 2 unspecified atom stereocenters. The Morgan fingerprint density at radius 3 is 1.38 bits per heavy atom. The van der Waals surface area contributed by atoms with Gasteiger partial charge in [-0.3, -0.25) is 9.59 Å². The van der Waals surface area contributed by atoms with Crippen molar-refractivity contribution in [3.63, 3.8) is 0 Å². The first-order chi connectivity index (χ1) is 17.5. The summed E-state index contributed by atoms with van der Waals surface area (Å²) >= 11 is 0. The fourth-order valence-corrected chi connectivity index (χ4v) is 6.29. The molecule has 0 heterocycles. The van der Waals surface area contributed by atoms with Gasteiger partial charge in [-0.2, -0.15) is 10.5 Å². The fraction of sp³-hybridized carbons (Fsp3) is 0.333. The highest BCUT2D eigenvalue weighted by Crippen LogP contribution is 2.14. The molecule has 2 rings (SSSR count). The first-order valence-corrected chi connectivity index (χ1v) is 14.6. The molecule has 0 saturated carbocycles. The minimum absolute atomic E-state index is 0.434. The van der Waals surface area contributed by atoms with Crippen molar-refractivity contribution in [3.05, 3.63) is 71.8 Å². The number of benzene rings is 2. The van der Waals surface area contributed by atoms with Crippen molar-refractivity contribution in [1.29, 1.82) is 10.5 Å². The average Bonchev–Trinajstić information content (AvgIpc) is 2.85. The molecule has 0 aliphatic rings. The van der Waals surface area contributed by atoms with Crippen molar-refractivity contribution < 1.29 is 31.2 Å². The van der Waals surface area contributed by atoms with Gasteiger partial charge in [0, 0.05) is 0 Å². The molecule has 0 aliphatic carbocycles. The van der Waals surface area contributed by atoms with Crippen LogP contribution in [0.2, 0.25) is 0 Å². The third-order valence-corrected chi connectivity index (χ3v) is 8.03. The second-order valence-corrected chi connectivity index (χ2v) is 12.2. The summed E-state index contributed by atoms with van der Waals surface area (Å²) in [5, 5.41) is 21.9. The summed E-state index contributed by atoms with van der Waals surface area (Å²) in [6, 6.07) is 19.7. The number of amides is 2. The molecule has 0 aromatic heterocycles. The first kappa shape index (κ1) is 29.5. The Labute approximate surface area is 215 Å². The molecule has 0 spiro atoms. The molecule has 13 heteroatoms. The van der Waals surface area contributed by atoms with Crippen LogP contribution in [0.15, 0.2) is 60.7 Å². The summed E-state index contributed by atoms with van der Waals surface area (Å²) in [6.07, 6.45) is -3.60. The Morgan fingerprint density at radius 1 is 0.703 bits per heavy atom. The Hall–Kier alpha value is -3.78. The van der Waals surface area contributed by atoms with Gasteiger partial charge in [0.1, 0.15) is 13.1 Å². The average molecular weight is 547 g/mol. The molecule has 0 radical (unpaired) electrons. The molecule has 0 bridgehead atoms. The molecular formula is C24H26N4O7S2. The summed E-state index contributed by atoms with van der Waals surface area (Å²) in [5.74, 6) is -4.62. The maximum atomic E-state index is 12.9. The number of hydrogen-bond donors (Lipinski definition) is 2. The second kappa shape index (κ2) is 14.1. The predicted octanol–water partition coefficient (Wildman–Crippen LogP) is 0.250. The molecule has 2 aromatic rings. The predicted molar refractivity (Wildman–Crippen MR) is 134 cm³/mol. The number of nitriles is 2. The molecule has 2 atom stereocenters. The molecule has 37 heavy (non-hydrogen) atoms. The maximum absolute atomic E-state index is 12.9. The SMILES string of the molecule is N#CCNC(=O)C(CS(=O)(=O)Cc1ccccc1)OC(CS(=O)(=O)Cc1ccccc1)C(=O)NCC#N. The minimum Gasteiger partial charge on any atom is -0.353 e. The van der Waals surface area contributed by atoms with Crippen molar-refractivity contribution in [2.45, 2.75) is 23.7 Å². The van der Waals surface area contributed by atoms with Crippen LogP contribution in [0, 0.1) is 22.7 Å².